The van der Waals surface area contributed by atoms with Gasteiger partial charge in [-0.15, -0.1) is 11.6 Å². The average molecular weight is 170 g/mol. The minimum absolute atomic E-state index is 0.693. The van der Waals surface area contributed by atoms with Crippen LogP contribution in [-0.4, -0.2) is 12.9 Å². The molecule has 1 nitrogen and oxygen atoms in total. The first kappa shape index (κ1) is 8.41. The van der Waals surface area contributed by atoms with Crippen LogP contribution in [0.15, 0.2) is 24.3 Å². The van der Waals surface area contributed by atoms with Crippen molar-refractivity contribution < 1.29 is 0 Å². The predicted octanol–water partition coefficient (Wildman–Crippen LogP) is 2.51. The predicted molar refractivity (Wildman–Crippen MR) is 50.4 cm³/mol. The molecular weight excluding hydrogens is 158 g/mol. The highest BCUT2D eigenvalue weighted by atomic mass is 35.5. The molecule has 60 valence electrons. The first-order valence-corrected chi connectivity index (χ1v) is 4.23. The van der Waals surface area contributed by atoms with E-state index in [0.717, 1.165) is 12.1 Å². The summed E-state index contributed by atoms with van der Waals surface area (Å²) in [6.07, 6.45) is 0.950. The number of alkyl halides is 1. The largest absolute Gasteiger partial charge is 0.388 e. The molecule has 0 saturated heterocycles. The van der Waals surface area contributed by atoms with Gasteiger partial charge in [-0.3, -0.25) is 0 Å². The highest BCUT2D eigenvalue weighted by molar-refractivity contribution is 6.17. The van der Waals surface area contributed by atoms with Crippen LogP contribution in [0.1, 0.15) is 5.56 Å². The molecule has 0 bridgehead atoms. The molecule has 0 aromatic heterocycles. The minimum Gasteiger partial charge on any atom is -0.388 e. The van der Waals surface area contributed by atoms with Crippen molar-refractivity contribution in [2.75, 3.05) is 18.2 Å². The highest BCUT2D eigenvalue weighted by Crippen LogP contribution is 2.08. The van der Waals surface area contributed by atoms with Crippen molar-refractivity contribution in [1.82, 2.24) is 0 Å². The summed E-state index contributed by atoms with van der Waals surface area (Å²) in [5.74, 6) is 0.693. The fourth-order valence-electron chi connectivity index (χ4n) is 0.947. The van der Waals surface area contributed by atoms with E-state index in [9.17, 15) is 0 Å². The van der Waals surface area contributed by atoms with Crippen LogP contribution < -0.4 is 5.32 Å². The molecule has 0 unspecified atom stereocenters. The lowest BCUT2D eigenvalue weighted by atomic mass is 10.1. The van der Waals surface area contributed by atoms with E-state index in [4.69, 9.17) is 11.6 Å². The number of benzene rings is 1. The number of hydrogen-bond donors (Lipinski definition) is 1. The molecule has 1 rings (SSSR count). The summed E-state index contributed by atoms with van der Waals surface area (Å²) in [5.41, 5.74) is 2.43. The fraction of sp³-hybridized carbons (Fsp3) is 0.333. The molecule has 0 radical (unpaired) electrons. The van der Waals surface area contributed by atoms with Gasteiger partial charge in [-0.2, -0.15) is 0 Å². The second-order valence-electron chi connectivity index (χ2n) is 2.39. The van der Waals surface area contributed by atoms with Crippen molar-refractivity contribution in [2.24, 2.45) is 0 Å². The number of hydrogen-bond acceptors (Lipinski definition) is 1. The smallest absolute Gasteiger partial charge is 0.0337 e. The SMILES string of the molecule is CNc1ccc(CCCl)cc1. The Morgan fingerprint density at radius 1 is 1.27 bits per heavy atom. The normalized spacial score (nSPS) is 9.64. The van der Waals surface area contributed by atoms with Gasteiger partial charge in [0.1, 0.15) is 0 Å². The molecule has 0 aliphatic rings. The Morgan fingerprint density at radius 2 is 1.91 bits per heavy atom. The summed E-state index contributed by atoms with van der Waals surface area (Å²) in [6, 6.07) is 8.30. The van der Waals surface area contributed by atoms with Gasteiger partial charge in [-0.05, 0) is 24.1 Å². The van der Waals surface area contributed by atoms with E-state index in [2.05, 4.69) is 29.6 Å². The van der Waals surface area contributed by atoms with E-state index in [0.29, 0.717) is 5.88 Å². The van der Waals surface area contributed by atoms with Crippen molar-refractivity contribution >= 4 is 17.3 Å². The van der Waals surface area contributed by atoms with Crippen LogP contribution in [-0.2, 0) is 6.42 Å². The second kappa shape index (κ2) is 4.24. The molecule has 0 spiro atoms. The molecule has 0 heterocycles. The first-order chi connectivity index (χ1) is 5.36. The molecule has 0 fully saturated rings. The molecule has 0 aliphatic carbocycles. The summed E-state index contributed by atoms with van der Waals surface area (Å²) in [6.45, 7) is 0. The number of aryl methyl sites for hydroxylation is 1. The van der Waals surface area contributed by atoms with E-state index in [1.165, 1.54) is 5.56 Å². The molecule has 0 saturated carbocycles. The van der Waals surface area contributed by atoms with Crippen molar-refractivity contribution in [2.45, 2.75) is 6.42 Å². The highest BCUT2D eigenvalue weighted by Gasteiger charge is 1.90. The Kier molecular flexibility index (Phi) is 3.24. The Morgan fingerprint density at radius 3 is 2.36 bits per heavy atom. The van der Waals surface area contributed by atoms with Crippen LogP contribution in [0.4, 0.5) is 5.69 Å². The molecule has 11 heavy (non-hydrogen) atoms. The summed E-state index contributed by atoms with van der Waals surface area (Å²) in [5, 5.41) is 3.06. The number of nitrogens with one attached hydrogen (secondary N) is 1. The maximum absolute atomic E-state index is 5.59. The van der Waals surface area contributed by atoms with Crippen LogP contribution in [0.25, 0.3) is 0 Å². The third kappa shape index (κ3) is 2.43. The van der Waals surface area contributed by atoms with Gasteiger partial charge in [0.15, 0.2) is 0 Å². The molecule has 2 heteroatoms. The van der Waals surface area contributed by atoms with E-state index in [1.807, 2.05) is 7.05 Å². The maximum atomic E-state index is 5.59. The van der Waals surface area contributed by atoms with Crippen LogP contribution >= 0.6 is 11.6 Å². The van der Waals surface area contributed by atoms with Gasteiger partial charge < -0.3 is 5.32 Å². The van der Waals surface area contributed by atoms with Crippen molar-refractivity contribution in [3.05, 3.63) is 29.8 Å². The van der Waals surface area contributed by atoms with Gasteiger partial charge in [-0.25, -0.2) is 0 Å². The molecule has 0 amide bonds. The van der Waals surface area contributed by atoms with Crippen LogP contribution in [0.3, 0.4) is 0 Å². The Hall–Kier alpha value is -0.690. The van der Waals surface area contributed by atoms with E-state index < -0.39 is 0 Å². The van der Waals surface area contributed by atoms with Crippen molar-refractivity contribution in [3.8, 4) is 0 Å². The van der Waals surface area contributed by atoms with Crippen molar-refractivity contribution in [3.63, 3.8) is 0 Å². The lowest BCUT2D eigenvalue weighted by Crippen LogP contribution is -1.89. The zero-order valence-electron chi connectivity index (χ0n) is 6.60. The third-order valence-electron chi connectivity index (χ3n) is 1.63. The quantitative estimate of drug-likeness (QED) is 0.686. The van der Waals surface area contributed by atoms with Gasteiger partial charge in [0.25, 0.3) is 0 Å². The zero-order valence-corrected chi connectivity index (χ0v) is 7.36. The second-order valence-corrected chi connectivity index (χ2v) is 2.76. The van der Waals surface area contributed by atoms with Crippen LogP contribution in [0.2, 0.25) is 0 Å². The van der Waals surface area contributed by atoms with Gasteiger partial charge in [0, 0.05) is 18.6 Å². The Balaban J connectivity index is 2.66. The van der Waals surface area contributed by atoms with Crippen molar-refractivity contribution in [1.29, 1.82) is 0 Å². The van der Waals surface area contributed by atoms with E-state index >= 15 is 0 Å². The van der Waals surface area contributed by atoms with E-state index in [-0.39, 0.29) is 0 Å². The Labute approximate surface area is 72.4 Å². The number of rotatable bonds is 3. The third-order valence-corrected chi connectivity index (χ3v) is 1.81. The molecule has 1 aromatic rings. The zero-order chi connectivity index (χ0) is 8.10. The summed E-state index contributed by atoms with van der Waals surface area (Å²) < 4.78 is 0. The van der Waals surface area contributed by atoms with Gasteiger partial charge in [0.2, 0.25) is 0 Å². The molecule has 1 aromatic carbocycles. The molecule has 1 N–H and O–H groups in total. The lowest BCUT2D eigenvalue weighted by Gasteiger charge is -2.00. The monoisotopic (exact) mass is 169 g/mol. The molecular formula is C9H12ClN. The van der Waals surface area contributed by atoms with Gasteiger partial charge in [-0.1, -0.05) is 12.1 Å². The summed E-state index contributed by atoms with van der Waals surface area (Å²) in [4.78, 5) is 0. The summed E-state index contributed by atoms with van der Waals surface area (Å²) in [7, 11) is 1.91. The first-order valence-electron chi connectivity index (χ1n) is 3.69. The van der Waals surface area contributed by atoms with Gasteiger partial charge >= 0.3 is 0 Å². The van der Waals surface area contributed by atoms with E-state index in [1.54, 1.807) is 0 Å². The molecule has 0 atom stereocenters. The summed E-state index contributed by atoms with van der Waals surface area (Å²) >= 11 is 5.59. The lowest BCUT2D eigenvalue weighted by molar-refractivity contribution is 1.15. The van der Waals surface area contributed by atoms with Crippen LogP contribution in [0, 0.1) is 0 Å². The maximum Gasteiger partial charge on any atom is 0.0337 e. The number of halogens is 1. The standard InChI is InChI=1S/C9H12ClN/c1-11-9-4-2-8(3-5-9)6-7-10/h2-5,11H,6-7H2,1H3. The number of anilines is 1. The van der Waals surface area contributed by atoms with Gasteiger partial charge in [0.05, 0.1) is 0 Å². The topological polar surface area (TPSA) is 12.0 Å². The Bertz CT molecular complexity index is 205. The average Bonchev–Trinajstić information content (AvgIpc) is 2.07. The molecule has 0 aliphatic heterocycles. The minimum atomic E-state index is 0.693. The van der Waals surface area contributed by atoms with Crippen LogP contribution in [0.5, 0.6) is 0 Å². The fourth-order valence-corrected chi connectivity index (χ4v) is 1.17.